The van der Waals surface area contributed by atoms with Gasteiger partial charge in [0.25, 0.3) is 0 Å². The van der Waals surface area contributed by atoms with Gasteiger partial charge in [0.05, 0.1) is 12.5 Å². The van der Waals surface area contributed by atoms with E-state index in [4.69, 9.17) is 22.1 Å². The molecule has 0 bridgehead atoms. The molecule has 0 saturated carbocycles. The Morgan fingerprint density at radius 1 is 1.50 bits per heavy atom. The van der Waals surface area contributed by atoms with Crippen LogP contribution in [0.3, 0.4) is 0 Å². The molecule has 1 atom stereocenters. The maximum atomic E-state index is 12.2. The summed E-state index contributed by atoms with van der Waals surface area (Å²) in [5.74, 6) is 0.0791. The third-order valence-corrected chi connectivity index (χ3v) is 3.95. The number of carbonyl (C=O) groups excluding carboxylic acids is 1. The van der Waals surface area contributed by atoms with Crippen LogP contribution in [0, 0.1) is 0 Å². The minimum absolute atomic E-state index is 0.0648. The first kappa shape index (κ1) is 15.1. The minimum atomic E-state index is 0.0648. The molecule has 2 rings (SSSR count). The Bertz CT molecular complexity index is 473. The molecule has 20 heavy (non-hydrogen) atoms. The second-order valence-electron chi connectivity index (χ2n) is 5.29. The van der Waals surface area contributed by atoms with Gasteiger partial charge >= 0.3 is 0 Å². The Morgan fingerprint density at radius 2 is 2.30 bits per heavy atom. The van der Waals surface area contributed by atoms with Crippen molar-refractivity contribution in [2.24, 2.45) is 0 Å². The highest BCUT2D eigenvalue weighted by Gasteiger charge is 2.20. The zero-order chi connectivity index (χ0) is 14.5. The van der Waals surface area contributed by atoms with Gasteiger partial charge in [-0.1, -0.05) is 11.6 Å². The van der Waals surface area contributed by atoms with Crippen LogP contribution in [0.1, 0.15) is 31.2 Å². The molecule has 1 fully saturated rings. The van der Waals surface area contributed by atoms with E-state index >= 15 is 0 Å². The van der Waals surface area contributed by atoms with Crippen molar-refractivity contribution in [3.05, 3.63) is 28.8 Å². The van der Waals surface area contributed by atoms with E-state index in [2.05, 4.69) is 0 Å². The molecule has 0 radical (unpaired) electrons. The number of carbonyl (C=O) groups is 1. The number of rotatable bonds is 4. The molecule has 1 aromatic carbocycles. The van der Waals surface area contributed by atoms with E-state index in [0.717, 1.165) is 31.4 Å². The molecule has 1 heterocycles. The number of halogens is 1. The molecular weight excluding hydrogens is 276 g/mol. The third-order valence-electron chi connectivity index (χ3n) is 3.58. The second kappa shape index (κ2) is 6.95. The van der Waals surface area contributed by atoms with E-state index in [0.29, 0.717) is 23.7 Å². The molecule has 0 aliphatic carbocycles. The van der Waals surface area contributed by atoms with Crippen LogP contribution in [-0.2, 0) is 16.1 Å². The lowest BCUT2D eigenvalue weighted by atomic mass is 10.1. The lowest BCUT2D eigenvalue weighted by molar-refractivity contribution is -0.134. The van der Waals surface area contributed by atoms with Crippen molar-refractivity contribution in [2.45, 2.75) is 38.3 Å². The molecule has 110 valence electrons. The molecule has 1 aliphatic rings. The molecule has 2 N–H and O–H groups in total. The van der Waals surface area contributed by atoms with Crippen LogP contribution in [0.2, 0.25) is 5.02 Å². The van der Waals surface area contributed by atoms with Gasteiger partial charge in [-0.15, -0.1) is 0 Å². The summed E-state index contributed by atoms with van der Waals surface area (Å²) in [7, 11) is 1.78. The first-order valence-electron chi connectivity index (χ1n) is 6.95. The fourth-order valence-electron chi connectivity index (χ4n) is 2.38. The van der Waals surface area contributed by atoms with Gasteiger partial charge in [0, 0.05) is 30.9 Å². The summed E-state index contributed by atoms with van der Waals surface area (Å²) in [5, 5.41) is 0.632. The number of ether oxygens (including phenoxy) is 1. The Balaban J connectivity index is 1.91. The van der Waals surface area contributed by atoms with Gasteiger partial charge in [-0.2, -0.15) is 0 Å². The number of nitrogen functional groups attached to an aromatic ring is 1. The van der Waals surface area contributed by atoms with Crippen LogP contribution < -0.4 is 5.73 Å². The van der Waals surface area contributed by atoms with Crippen LogP contribution in [0.25, 0.3) is 0 Å². The number of nitrogens with zero attached hydrogens (tertiary/aromatic N) is 1. The summed E-state index contributed by atoms with van der Waals surface area (Å²) in [6.45, 7) is 1.23. The first-order valence-corrected chi connectivity index (χ1v) is 7.33. The van der Waals surface area contributed by atoms with Crippen LogP contribution >= 0.6 is 11.6 Å². The van der Waals surface area contributed by atoms with Gasteiger partial charge in [-0.05, 0) is 43.0 Å². The minimum Gasteiger partial charge on any atom is -0.399 e. The number of nitrogens with two attached hydrogens (primary N) is 1. The quantitative estimate of drug-likeness (QED) is 0.869. The molecule has 1 amide bonds. The number of anilines is 1. The predicted molar refractivity (Wildman–Crippen MR) is 80.5 cm³/mol. The summed E-state index contributed by atoms with van der Waals surface area (Å²) < 4.78 is 5.60. The summed E-state index contributed by atoms with van der Waals surface area (Å²) in [6.07, 6.45) is 3.71. The van der Waals surface area contributed by atoms with Gasteiger partial charge in [0.2, 0.25) is 5.91 Å². The molecule has 1 aromatic rings. The largest absolute Gasteiger partial charge is 0.399 e. The Kier molecular flexibility index (Phi) is 5.26. The molecule has 1 aliphatic heterocycles. The maximum absolute atomic E-state index is 12.2. The predicted octanol–water partition coefficient (Wildman–Crippen LogP) is 2.84. The second-order valence-corrected chi connectivity index (χ2v) is 5.70. The number of benzene rings is 1. The Labute approximate surface area is 124 Å². The fraction of sp³-hybridized carbons (Fsp3) is 0.533. The monoisotopic (exact) mass is 296 g/mol. The van der Waals surface area contributed by atoms with E-state index in [9.17, 15) is 4.79 Å². The van der Waals surface area contributed by atoms with Crippen molar-refractivity contribution in [3.63, 3.8) is 0 Å². The molecule has 5 heteroatoms. The van der Waals surface area contributed by atoms with Crippen molar-refractivity contribution in [2.75, 3.05) is 19.4 Å². The smallest absolute Gasteiger partial charge is 0.225 e. The molecule has 0 aromatic heterocycles. The van der Waals surface area contributed by atoms with E-state index in [-0.39, 0.29) is 12.0 Å². The molecule has 1 saturated heterocycles. The van der Waals surface area contributed by atoms with Crippen LogP contribution in [0.4, 0.5) is 5.69 Å². The lowest BCUT2D eigenvalue weighted by Crippen LogP contribution is -2.32. The Morgan fingerprint density at radius 3 is 3.00 bits per heavy atom. The maximum Gasteiger partial charge on any atom is 0.225 e. The highest BCUT2D eigenvalue weighted by molar-refractivity contribution is 6.31. The fourth-order valence-corrected chi connectivity index (χ4v) is 2.56. The highest BCUT2D eigenvalue weighted by atomic mass is 35.5. The average Bonchev–Trinajstić information content (AvgIpc) is 2.44. The van der Waals surface area contributed by atoms with Gasteiger partial charge < -0.3 is 15.4 Å². The van der Waals surface area contributed by atoms with E-state index in [1.54, 1.807) is 24.1 Å². The summed E-state index contributed by atoms with van der Waals surface area (Å²) in [6, 6.07) is 5.32. The standard InChI is InChI=1S/C15H21ClN2O2/c1-18(10-11-8-12(17)5-6-14(11)16)15(19)9-13-4-2-3-7-20-13/h5-6,8,13H,2-4,7,9-10,17H2,1H3. The van der Waals surface area contributed by atoms with Crippen LogP contribution in [0.15, 0.2) is 18.2 Å². The van der Waals surface area contributed by atoms with Crippen molar-refractivity contribution in [3.8, 4) is 0 Å². The summed E-state index contributed by atoms with van der Waals surface area (Å²) in [4.78, 5) is 13.9. The van der Waals surface area contributed by atoms with Crippen molar-refractivity contribution >= 4 is 23.2 Å². The number of hydrogen-bond donors (Lipinski definition) is 1. The average molecular weight is 297 g/mol. The molecule has 4 nitrogen and oxygen atoms in total. The van der Waals surface area contributed by atoms with Gasteiger partial charge in [-0.3, -0.25) is 4.79 Å². The summed E-state index contributed by atoms with van der Waals surface area (Å²) in [5.41, 5.74) is 7.27. The summed E-state index contributed by atoms with van der Waals surface area (Å²) >= 11 is 6.12. The number of amides is 1. The SMILES string of the molecule is CN(Cc1cc(N)ccc1Cl)C(=O)CC1CCCCO1. The topological polar surface area (TPSA) is 55.6 Å². The van der Waals surface area contributed by atoms with Crippen LogP contribution in [-0.4, -0.2) is 30.6 Å². The molecule has 0 spiro atoms. The zero-order valence-corrected chi connectivity index (χ0v) is 12.5. The van der Waals surface area contributed by atoms with E-state index in [1.165, 1.54) is 0 Å². The first-order chi connectivity index (χ1) is 9.56. The zero-order valence-electron chi connectivity index (χ0n) is 11.8. The normalized spacial score (nSPS) is 18.8. The van der Waals surface area contributed by atoms with Crippen molar-refractivity contribution in [1.82, 2.24) is 4.90 Å². The lowest BCUT2D eigenvalue weighted by Gasteiger charge is -2.25. The van der Waals surface area contributed by atoms with Crippen molar-refractivity contribution < 1.29 is 9.53 Å². The van der Waals surface area contributed by atoms with Crippen molar-refractivity contribution in [1.29, 1.82) is 0 Å². The van der Waals surface area contributed by atoms with Gasteiger partial charge in [0.1, 0.15) is 0 Å². The number of hydrogen-bond acceptors (Lipinski definition) is 3. The van der Waals surface area contributed by atoms with Gasteiger partial charge in [-0.25, -0.2) is 0 Å². The van der Waals surface area contributed by atoms with E-state index < -0.39 is 0 Å². The molecule has 1 unspecified atom stereocenters. The van der Waals surface area contributed by atoms with Gasteiger partial charge in [0.15, 0.2) is 0 Å². The third kappa shape index (κ3) is 4.12. The highest BCUT2D eigenvalue weighted by Crippen LogP contribution is 2.21. The Hall–Kier alpha value is -1.26. The van der Waals surface area contributed by atoms with E-state index in [1.807, 2.05) is 6.07 Å². The molecular formula is C15H21ClN2O2. The van der Waals surface area contributed by atoms with Crippen LogP contribution in [0.5, 0.6) is 0 Å².